The monoisotopic (exact) mass is 686 g/mol. The van der Waals surface area contributed by atoms with Crippen LogP contribution >= 0.6 is 22.6 Å². The first-order valence-electron chi connectivity index (χ1n) is 13.8. The molecule has 4 amide bonds. The number of nitrogens with two attached hydrogens (primary N) is 1. The average molecular weight is 687 g/mol. The Bertz CT molecular complexity index is 1090. The first kappa shape index (κ1) is 36.2. The van der Waals surface area contributed by atoms with Crippen molar-refractivity contribution in [2.24, 2.45) is 17.6 Å². The van der Waals surface area contributed by atoms with Crippen LogP contribution in [0.5, 0.6) is 5.75 Å². The van der Waals surface area contributed by atoms with E-state index in [1.807, 2.05) is 50.0 Å². The van der Waals surface area contributed by atoms with Gasteiger partial charge >= 0.3 is 6.09 Å². The number of halogens is 1. The summed E-state index contributed by atoms with van der Waals surface area (Å²) in [6.07, 6.45) is 2.27. The molecule has 0 radical (unpaired) electrons. The van der Waals surface area contributed by atoms with Gasteiger partial charge in [-0.05, 0) is 72.4 Å². The maximum atomic E-state index is 13.9. The van der Waals surface area contributed by atoms with E-state index in [1.165, 1.54) is 19.1 Å². The van der Waals surface area contributed by atoms with Crippen molar-refractivity contribution in [3.05, 3.63) is 33.4 Å². The number of amides is 4. The summed E-state index contributed by atoms with van der Waals surface area (Å²) in [4.78, 5) is 53.7. The minimum atomic E-state index is -1.04. The lowest BCUT2D eigenvalue weighted by atomic mass is 9.95. The number of nitrogens with one attached hydrogen (secondary N) is 2. The van der Waals surface area contributed by atoms with Gasteiger partial charge in [0, 0.05) is 13.5 Å². The maximum absolute atomic E-state index is 13.9. The van der Waals surface area contributed by atoms with E-state index in [1.54, 1.807) is 26.8 Å². The summed E-state index contributed by atoms with van der Waals surface area (Å²) in [6.45, 7) is 12.8. The van der Waals surface area contributed by atoms with E-state index in [0.717, 1.165) is 5.56 Å². The van der Waals surface area contributed by atoms with Gasteiger partial charge in [-0.3, -0.25) is 19.3 Å². The zero-order valence-corrected chi connectivity index (χ0v) is 27.9. The predicted molar refractivity (Wildman–Crippen MR) is 170 cm³/mol. The molecule has 230 valence electrons. The molecule has 0 unspecified atom stereocenters. The van der Waals surface area contributed by atoms with Crippen molar-refractivity contribution in [1.82, 2.24) is 15.5 Å². The Balaban J connectivity index is 3.47. The zero-order chi connectivity index (χ0) is 31.5. The summed E-state index contributed by atoms with van der Waals surface area (Å²) < 4.78 is 13.0. The van der Waals surface area contributed by atoms with Crippen molar-refractivity contribution in [2.45, 2.75) is 91.5 Å². The fourth-order valence-electron chi connectivity index (χ4n) is 4.14. The Morgan fingerprint density at radius 2 is 1.73 bits per heavy atom. The van der Waals surface area contributed by atoms with Crippen molar-refractivity contribution < 1.29 is 28.7 Å². The van der Waals surface area contributed by atoms with Crippen LogP contribution in [0.1, 0.15) is 72.4 Å². The third-order valence-electron chi connectivity index (χ3n) is 6.59. The van der Waals surface area contributed by atoms with Gasteiger partial charge in [-0.25, -0.2) is 4.79 Å². The fraction of sp³-hybridized carbons (Fsp3) is 0.600. The summed E-state index contributed by atoms with van der Waals surface area (Å²) in [7, 11) is 3.03. The highest BCUT2D eigenvalue weighted by Gasteiger charge is 2.36. The summed E-state index contributed by atoms with van der Waals surface area (Å²) in [5, 5.41) is 5.57. The van der Waals surface area contributed by atoms with Gasteiger partial charge in [0.1, 0.15) is 29.5 Å². The highest BCUT2D eigenvalue weighted by Crippen LogP contribution is 2.25. The highest BCUT2D eigenvalue weighted by atomic mass is 127. The van der Waals surface area contributed by atoms with Crippen LogP contribution < -0.4 is 21.1 Å². The quantitative estimate of drug-likeness (QED) is 0.248. The molecule has 0 spiro atoms. The molecule has 4 N–H and O–H groups in total. The predicted octanol–water partition coefficient (Wildman–Crippen LogP) is 4.43. The van der Waals surface area contributed by atoms with Crippen LogP contribution in [0, 0.1) is 11.8 Å². The molecule has 11 heteroatoms. The molecule has 41 heavy (non-hydrogen) atoms. The first-order valence-corrected chi connectivity index (χ1v) is 15.1. The van der Waals surface area contributed by atoms with Crippen LogP contribution in [0.3, 0.4) is 0 Å². The van der Waals surface area contributed by atoms with Gasteiger partial charge in [0.25, 0.3) is 0 Å². The molecule has 4 atom stereocenters. The molecular formula is C30H47IN4O6. The van der Waals surface area contributed by atoms with Gasteiger partial charge in [-0.2, -0.15) is 0 Å². The van der Waals surface area contributed by atoms with Crippen LogP contribution in [0.25, 0.3) is 6.08 Å². The van der Waals surface area contributed by atoms with Crippen molar-refractivity contribution >= 4 is 52.5 Å². The largest absolute Gasteiger partial charge is 0.496 e. The maximum Gasteiger partial charge on any atom is 0.410 e. The van der Waals surface area contributed by atoms with E-state index in [9.17, 15) is 19.2 Å². The van der Waals surface area contributed by atoms with E-state index >= 15 is 0 Å². The van der Waals surface area contributed by atoms with Crippen molar-refractivity contribution in [3.63, 3.8) is 0 Å². The van der Waals surface area contributed by atoms with E-state index in [4.69, 9.17) is 15.2 Å². The molecule has 0 aromatic heterocycles. The molecular weight excluding hydrogens is 639 g/mol. The molecule has 10 nitrogen and oxygen atoms in total. The first-order chi connectivity index (χ1) is 19.0. The molecule has 0 fully saturated rings. The third kappa shape index (κ3) is 11.9. The molecule has 0 saturated carbocycles. The standard InChI is InChI=1S/C30H47IN4O6/c1-10-19(4)25(28(38)33-22(26(32)36)15-18(2)3)34-27(37)23(35(8)29(39)41-30(5,6)7)17-21-16-20(13-14-31)11-12-24(21)40-9/h11-14,16,18-19,22-23,25H,10,15,17H2,1-9H3,(H2,32,36)(H,33,38)(H,34,37)/b14-13-/t19-,22-,23-,25-/m0/s1. The Morgan fingerprint density at radius 1 is 1.10 bits per heavy atom. The molecule has 0 aliphatic carbocycles. The number of benzene rings is 1. The van der Waals surface area contributed by atoms with Crippen molar-refractivity contribution in [1.29, 1.82) is 0 Å². The Hall–Kier alpha value is -2.83. The normalized spacial score (nSPS) is 14.6. The Kier molecular flexibility index (Phi) is 14.6. The molecule has 0 aliphatic heterocycles. The highest BCUT2D eigenvalue weighted by molar-refractivity contribution is 14.1. The summed E-state index contributed by atoms with van der Waals surface area (Å²) in [6, 6.07) is 2.70. The number of ether oxygens (including phenoxy) is 2. The molecule has 0 bridgehead atoms. The smallest absolute Gasteiger partial charge is 0.410 e. The number of hydrogen-bond donors (Lipinski definition) is 3. The van der Waals surface area contributed by atoms with Crippen LogP contribution in [0.2, 0.25) is 0 Å². The summed E-state index contributed by atoms with van der Waals surface area (Å²) in [5.74, 6) is -1.30. The number of likely N-dealkylation sites (N-methyl/N-ethyl adjacent to an activating group) is 1. The van der Waals surface area contributed by atoms with Gasteiger partial charge in [0.2, 0.25) is 17.7 Å². The second-order valence-electron chi connectivity index (χ2n) is 11.6. The van der Waals surface area contributed by atoms with E-state index < -0.39 is 47.5 Å². The number of carbonyl (C=O) groups excluding carboxylic acids is 4. The van der Waals surface area contributed by atoms with Gasteiger partial charge in [0.15, 0.2) is 0 Å². The van der Waals surface area contributed by atoms with Crippen LogP contribution in [0.15, 0.2) is 22.3 Å². The van der Waals surface area contributed by atoms with Crippen molar-refractivity contribution in [2.75, 3.05) is 14.2 Å². The van der Waals surface area contributed by atoms with Gasteiger partial charge in [-0.15, -0.1) is 0 Å². The second-order valence-corrected chi connectivity index (χ2v) is 12.4. The zero-order valence-electron chi connectivity index (χ0n) is 25.7. The number of rotatable bonds is 14. The Labute approximate surface area is 258 Å². The minimum Gasteiger partial charge on any atom is -0.496 e. The second kappa shape index (κ2) is 16.6. The number of methoxy groups -OCH3 is 1. The molecule has 1 rings (SSSR count). The topological polar surface area (TPSA) is 140 Å². The van der Waals surface area contributed by atoms with Crippen LogP contribution in [-0.4, -0.2) is 66.6 Å². The average Bonchev–Trinajstić information content (AvgIpc) is 2.87. The van der Waals surface area contributed by atoms with Gasteiger partial charge in [-0.1, -0.05) is 62.8 Å². The number of hydrogen-bond acceptors (Lipinski definition) is 6. The molecule has 1 aromatic rings. The number of nitrogens with zero attached hydrogens (tertiary/aromatic N) is 1. The minimum absolute atomic E-state index is 0.0970. The molecule has 1 aromatic carbocycles. The lowest BCUT2D eigenvalue weighted by Crippen LogP contribution is -2.59. The lowest BCUT2D eigenvalue weighted by molar-refractivity contribution is -0.134. The SMILES string of the molecule is CC[C@H](C)[C@H](NC(=O)[C@H](Cc1cc(/C=C\I)ccc1OC)N(C)C(=O)OC(C)(C)C)C(=O)N[C@@H](CC(C)C)C(N)=O. The summed E-state index contributed by atoms with van der Waals surface area (Å²) >= 11 is 2.12. The third-order valence-corrected chi connectivity index (χ3v) is 6.94. The molecule has 0 aliphatic rings. The molecule has 0 heterocycles. The number of carbonyl (C=O) groups is 4. The fourth-order valence-corrected chi connectivity index (χ4v) is 4.56. The Morgan fingerprint density at radius 3 is 2.22 bits per heavy atom. The van der Waals surface area contributed by atoms with Gasteiger partial charge < -0.3 is 25.8 Å². The summed E-state index contributed by atoms with van der Waals surface area (Å²) in [5.41, 5.74) is 6.36. The van der Waals surface area contributed by atoms with Crippen LogP contribution in [-0.2, 0) is 25.5 Å². The van der Waals surface area contributed by atoms with Gasteiger partial charge in [0.05, 0.1) is 7.11 Å². The molecule has 0 saturated heterocycles. The number of primary amides is 1. The van der Waals surface area contributed by atoms with E-state index in [-0.39, 0.29) is 18.3 Å². The van der Waals surface area contributed by atoms with Crippen molar-refractivity contribution in [3.8, 4) is 5.75 Å². The van der Waals surface area contributed by atoms with E-state index in [2.05, 4.69) is 33.2 Å². The lowest BCUT2D eigenvalue weighted by Gasteiger charge is -2.32. The van der Waals surface area contributed by atoms with E-state index in [0.29, 0.717) is 24.2 Å². The van der Waals surface area contributed by atoms with Crippen LogP contribution in [0.4, 0.5) is 4.79 Å².